The monoisotopic (exact) mass is 409 g/mol. The van der Waals surface area contributed by atoms with Crippen molar-refractivity contribution < 1.29 is 23.1 Å². The first-order valence-electron chi connectivity index (χ1n) is 8.86. The second kappa shape index (κ2) is 9.15. The number of nitrogens with one attached hydrogen (secondary N) is 1. The Labute approximate surface area is 167 Å². The van der Waals surface area contributed by atoms with Gasteiger partial charge in [0, 0.05) is 5.69 Å². The highest BCUT2D eigenvalue weighted by Gasteiger charge is 2.19. The number of benzene rings is 2. The number of anilines is 1. The second-order valence-electron chi connectivity index (χ2n) is 6.99. The van der Waals surface area contributed by atoms with E-state index in [4.69, 9.17) is 16.3 Å². The molecule has 7 heteroatoms. The largest absolute Gasteiger partial charge is 0.452 e. The van der Waals surface area contributed by atoms with Crippen LogP contribution in [0.4, 0.5) is 14.5 Å². The van der Waals surface area contributed by atoms with Gasteiger partial charge in [-0.1, -0.05) is 57.5 Å². The van der Waals surface area contributed by atoms with Crippen molar-refractivity contribution in [2.45, 2.75) is 39.5 Å². The minimum atomic E-state index is -1.23. The molecular formula is C21H22ClF2NO3. The van der Waals surface area contributed by atoms with Gasteiger partial charge in [-0.15, -0.1) is 0 Å². The van der Waals surface area contributed by atoms with Crippen LogP contribution in [0.3, 0.4) is 0 Å². The number of hydrogen-bond donors (Lipinski definition) is 1. The van der Waals surface area contributed by atoms with Gasteiger partial charge < -0.3 is 10.1 Å². The van der Waals surface area contributed by atoms with Crippen LogP contribution < -0.4 is 5.32 Å². The summed E-state index contributed by atoms with van der Waals surface area (Å²) in [5.74, 6) is -3.60. The fraction of sp³-hybridized carbons (Fsp3) is 0.333. The highest BCUT2D eigenvalue weighted by atomic mass is 35.5. The molecule has 0 saturated carbocycles. The highest BCUT2D eigenvalue weighted by molar-refractivity contribution is 6.33. The lowest BCUT2D eigenvalue weighted by Crippen LogP contribution is -2.23. The maximum atomic E-state index is 13.3. The minimum absolute atomic E-state index is 0.178. The molecule has 0 saturated heterocycles. The van der Waals surface area contributed by atoms with Gasteiger partial charge in [0.15, 0.2) is 18.2 Å². The van der Waals surface area contributed by atoms with E-state index in [9.17, 15) is 18.4 Å². The van der Waals surface area contributed by atoms with Crippen molar-refractivity contribution >= 4 is 29.2 Å². The molecule has 2 rings (SSSR count). The molecule has 0 atom stereocenters. The molecule has 0 radical (unpaired) electrons. The van der Waals surface area contributed by atoms with Gasteiger partial charge in [0.05, 0.1) is 10.6 Å². The van der Waals surface area contributed by atoms with E-state index in [0.717, 1.165) is 11.1 Å². The van der Waals surface area contributed by atoms with Gasteiger partial charge in [0.25, 0.3) is 5.91 Å². The van der Waals surface area contributed by atoms with Gasteiger partial charge in [-0.2, -0.15) is 0 Å². The van der Waals surface area contributed by atoms with Crippen molar-refractivity contribution in [2.75, 3.05) is 11.9 Å². The fourth-order valence-corrected chi connectivity index (χ4v) is 2.99. The third-order valence-corrected chi connectivity index (χ3v) is 4.51. The van der Waals surface area contributed by atoms with E-state index in [1.165, 1.54) is 0 Å². The number of para-hydroxylation sites is 1. The molecule has 0 bridgehead atoms. The van der Waals surface area contributed by atoms with E-state index in [0.29, 0.717) is 17.8 Å². The van der Waals surface area contributed by atoms with Crippen molar-refractivity contribution in [3.63, 3.8) is 0 Å². The smallest absolute Gasteiger partial charge is 0.340 e. The lowest BCUT2D eigenvalue weighted by molar-refractivity contribution is -0.119. The first-order valence-corrected chi connectivity index (χ1v) is 9.23. The molecule has 0 aliphatic rings. The average molecular weight is 410 g/mol. The molecule has 150 valence electrons. The lowest BCUT2D eigenvalue weighted by atomic mass is 9.92. The summed E-state index contributed by atoms with van der Waals surface area (Å²) in [6.45, 7) is 7.47. The normalized spacial score (nSPS) is 11.0. The van der Waals surface area contributed by atoms with Crippen LogP contribution in [0.25, 0.3) is 0 Å². The maximum absolute atomic E-state index is 13.3. The molecule has 0 fully saturated rings. The van der Waals surface area contributed by atoms with Crippen LogP contribution in [0.1, 0.15) is 61.0 Å². The van der Waals surface area contributed by atoms with Crippen molar-refractivity contribution in [2.24, 2.45) is 0 Å². The molecule has 2 aromatic rings. The Morgan fingerprint density at radius 3 is 2.11 bits per heavy atom. The van der Waals surface area contributed by atoms with Gasteiger partial charge in [-0.05, 0) is 35.1 Å². The molecular weight excluding hydrogens is 388 g/mol. The minimum Gasteiger partial charge on any atom is -0.452 e. The molecule has 0 spiro atoms. The van der Waals surface area contributed by atoms with Gasteiger partial charge in [-0.3, -0.25) is 4.79 Å². The van der Waals surface area contributed by atoms with Crippen molar-refractivity contribution in [3.8, 4) is 0 Å². The summed E-state index contributed by atoms with van der Waals surface area (Å²) in [4.78, 5) is 24.4. The van der Waals surface area contributed by atoms with Crippen LogP contribution in [0, 0.1) is 11.6 Å². The quantitative estimate of drug-likeness (QED) is 0.494. The van der Waals surface area contributed by atoms with Crippen molar-refractivity contribution in [3.05, 3.63) is 63.7 Å². The fourth-order valence-electron chi connectivity index (χ4n) is 2.76. The van der Waals surface area contributed by atoms with Crippen LogP contribution in [0.5, 0.6) is 0 Å². The maximum Gasteiger partial charge on any atom is 0.340 e. The van der Waals surface area contributed by atoms with Crippen molar-refractivity contribution in [1.29, 1.82) is 0 Å². The average Bonchev–Trinajstić information content (AvgIpc) is 2.62. The summed E-state index contributed by atoms with van der Waals surface area (Å²) in [6, 6.07) is 7.12. The second-order valence-corrected chi connectivity index (χ2v) is 7.40. The summed E-state index contributed by atoms with van der Waals surface area (Å²) < 4.78 is 31.3. The number of amides is 1. The standard InChI is InChI=1S/C21H22ClF2NO3/c1-11(2)13-6-5-7-14(12(3)4)20(13)25-19(26)10-28-21(27)15-8-17(23)18(24)9-16(15)22/h5-9,11-12H,10H2,1-4H3,(H,25,26). The van der Waals surface area contributed by atoms with E-state index >= 15 is 0 Å². The zero-order valence-electron chi connectivity index (χ0n) is 16.1. The van der Waals surface area contributed by atoms with E-state index < -0.39 is 30.1 Å². The van der Waals surface area contributed by atoms with Crippen molar-refractivity contribution in [1.82, 2.24) is 0 Å². The molecule has 0 heterocycles. The predicted octanol–water partition coefficient (Wildman–Crippen LogP) is 5.66. The van der Waals surface area contributed by atoms with E-state index in [-0.39, 0.29) is 22.4 Å². The van der Waals surface area contributed by atoms with Gasteiger partial charge in [0.1, 0.15) is 0 Å². The summed E-state index contributed by atoms with van der Waals surface area (Å²) in [6.07, 6.45) is 0. The van der Waals surface area contributed by atoms with Crippen LogP contribution in [-0.2, 0) is 9.53 Å². The first kappa shape index (κ1) is 21.8. The summed E-state index contributed by atoms with van der Waals surface area (Å²) in [5, 5.41) is 2.51. The number of carbonyl (C=O) groups is 2. The Hall–Kier alpha value is -2.47. The van der Waals surface area contributed by atoms with Crippen LogP contribution >= 0.6 is 11.6 Å². The first-order chi connectivity index (χ1) is 13.1. The number of esters is 1. The molecule has 1 amide bonds. The predicted molar refractivity (Wildman–Crippen MR) is 105 cm³/mol. The lowest BCUT2D eigenvalue weighted by Gasteiger charge is -2.20. The SMILES string of the molecule is CC(C)c1cccc(C(C)C)c1NC(=O)COC(=O)c1cc(F)c(F)cc1Cl. The van der Waals surface area contributed by atoms with E-state index in [1.54, 1.807) is 0 Å². The Morgan fingerprint density at radius 1 is 1.04 bits per heavy atom. The number of hydrogen-bond acceptors (Lipinski definition) is 3. The molecule has 0 aliphatic heterocycles. The number of carbonyl (C=O) groups excluding carboxylic acids is 2. The zero-order chi connectivity index (χ0) is 21.0. The Balaban J connectivity index is 2.13. The molecule has 0 aromatic heterocycles. The summed E-state index contributed by atoms with van der Waals surface area (Å²) in [5.41, 5.74) is 2.28. The molecule has 4 nitrogen and oxygen atoms in total. The third-order valence-electron chi connectivity index (χ3n) is 4.20. The highest BCUT2D eigenvalue weighted by Crippen LogP contribution is 2.32. The van der Waals surface area contributed by atoms with E-state index in [1.807, 2.05) is 45.9 Å². The molecule has 0 unspecified atom stereocenters. The van der Waals surface area contributed by atoms with E-state index in [2.05, 4.69) is 5.32 Å². The summed E-state index contributed by atoms with van der Waals surface area (Å²) in [7, 11) is 0. The van der Waals surface area contributed by atoms with Crippen LogP contribution in [0.2, 0.25) is 5.02 Å². The van der Waals surface area contributed by atoms with Gasteiger partial charge >= 0.3 is 5.97 Å². The number of ether oxygens (including phenoxy) is 1. The van der Waals surface area contributed by atoms with Gasteiger partial charge in [0.2, 0.25) is 0 Å². The topological polar surface area (TPSA) is 55.4 Å². The Bertz CT molecular complexity index is 871. The molecule has 0 aliphatic carbocycles. The molecule has 2 aromatic carbocycles. The summed E-state index contributed by atoms with van der Waals surface area (Å²) >= 11 is 5.74. The molecule has 28 heavy (non-hydrogen) atoms. The number of halogens is 3. The number of rotatable bonds is 6. The van der Waals surface area contributed by atoms with Crippen LogP contribution in [-0.4, -0.2) is 18.5 Å². The molecule has 1 N–H and O–H groups in total. The Kier molecular flexibility index (Phi) is 7.13. The zero-order valence-corrected chi connectivity index (χ0v) is 16.9. The van der Waals surface area contributed by atoms with Crippen LogP contribution in [0.15, 0.2) is 30.3 Å². The van der Waals surface area contributed by atoms with Gasteiger partial charge in [-0.25, -0.2) is 13.6 Å². The Morgan fingerprint density at radius 2 is 1.57 bits per heavy atom. The third kappa shape index (κ3) is 5.07.